The standard InChI is InChI=1S/C19H19ClN4O2/c1-19(2,12-4-7-14(20)8-5-12)13-6-9-15(16(10-13)26-3)24-11-22-18(23-24)17(21)25/h4-11H,1-3H3,(H2,21,25). The Morgan fingerprint density at radius 2 is 1.81 bits per heavy atom. The van der Waals surface area contributed by atoms with Gasteiger partial charge in [0.15, 0.2) is 0 Å². The van der Waals surface area contributed by atoms with Crippen LogP contribution in [-0.4, -0.2) is 27.8 Å². The fourth-order valence-corrected chi connectivity index (χ4v) is 2.91. The second-order valence-electron chi connectivity index (χ2n) is 6.40. The van der Waals surface area contributed by atoms with Gasteiger partial charge in [0.05, 0.1) is 7.11 Å². The molecule has 1 amide bonds. The minimum Gasteiger partial charge on any atom is -0.494 e. The number of hydrogen-bond acceptors (Lipinski definition) is 4. The van der Waals surface area contributed by atoms with Crippen molar-refractivity contribution in [1.82, 2.24) is 14.8 Å². The fraction of sp³-hybridized carbons (Fsp3) is 0.211. The molecule has 0 saturated heterocycles. The summed E-state index contributed by atoms with van der Waals surface area (Å²) in [7, 11) is 1.59. The van der Waals surface area contributed by atoms with Crippen LogP contribution in [0.25, 0.3) is 5.69 Å². The number of halogens is 1. The van der Waals surface area contributed by atoms with Gasteiger partial charge in [-0.05, 0) is 35.4 Å². The van der Waals surface area contributed by atoms with Crippen molar-refractivity contribution < 1.29 is 9.53 Å². The normalized spacial score (nSPS) is 11.4. The van der Waals surface area contributed by atoms with E-state index in [0.29, 0.717) is 16.5 Å². The Morgan fingerprint density at radius 1 is 1.15 bits per heavy atom. The zero-order valence-corrected chi connectivity index (χ0v) is 15.5. The van der Waals surface area contributed by atoms with Gasteiger partial charge < -0.3 is 10.5 Å². The third-order valence-corrected chi connectivity index (χ3v) is 4.68. The lowest BCUT2D eigenvalue weighted by molar-refractivity contribution is 0.0990. The molecule has 2 aromatic carbocycles. The number of methoxy groups -OCH3 is 1. The minimum atomic E-state index is -0.678. The highest BCUT2D eigenvalue weighted by Gasteiger charge is 2.25. The van der Waals surface area contributed by atoms with Gasteiger partial charge in [-0.15, -0.1) is 5.10 Å². The van der Waals surface area contributed by atoms with Crippen LogP contribution in [0.2, 0.25) is 5.02 Å². The maximum absolute atomic E-state index is 11.2. The van der Waals surface area contributed by atoms with Crippen molar-refractivity contribution in [1.29, 1.82) is 0 Å². The average Bonchev–Trinajstić information content (AvgIpc) is 3.11. The van der Waals surface area contributed by atoms with E-state index in [-0.39, 0.29) is 11.2 Å². The van der Waals surface area contributed by atoms with Crippen LogP contribution in [0, 0.1) is 0 Å². The Labute approximate surface area is 156 Å². The topological polar surface area (TPSA) is 83.0 Å². The Kier molecular flexibility index (Phi) is 4.70. The van der Waals surface area contributed by atoms with Crippen molar-refractivity contribution >= 4 is 17.5 Å². The van der Waals surface area contributed by atoms with Gasteiger partial charge in [-0.3, -0.25) is 4.79 Å². The summed E-state index contributed by atoms with van der Waals surface area (Å²) in [6, 6.07) is 13.6. The molecule has 3 aromatic rings. The molecule has 7 heteroatoms. The molecule has 134 valence electrons. The highest BCUT2D eigenvalue weighted by molar-refractivity contribution is 6.30. The van der Waals surface area contributed by atoms with Crippen LogP contribution >= 0.6 is 11.6 Å². The largest absolute Gasteiger partial charge is 0.494 e. The summed E-state index contributed by atoms with van der Waals surface area (Å²) in [5.41, 5.74) is 7.83. The highest BCUT2D eigenvalue weighted by Crippen LogP contribution is 2.35. The number of ether oxygens (including phenoxy) is 1. The molecule has 1 aromatic heterocycles. The number of amides is 1. The van der Waals surface area contributed by atoms with E-state index in [1.807, 2.05) is 42.5 Å². The van der Waals surface area contributed by atoms with Gasteiger partial charge in [-0.1, -0.05) is 43.6 Å². The van der Waals surface area contributed by atoms with Gasteiger partial charge in [-0.2, -0.15) is 0 Å². The fourth-order valence-electron chi connectivity index (χ4n) is 2.78. The molecule has 0 aliphatic carbocycles. The quantitative estimate of drug-likeness (QED) is 0.746. The van der Waals surface area contributed by atoms with Crippen molar-refractivity contribution in [3.63, 3.8) is 0 Å². The van der Waals surface area contributed by atoms with Crippen LogP contribution in [0.4, 0.5) is 0 Å². The Bertz CT molecular complexity index is 948. The molecular formula is C19H19ClN4O2. The smallest absolute Gasteiger partial charge is 0.288 e. The first-order chi connectivity index (χ1) is 12.3. The predicted octanol–water partition coefficient (Wildman–Crippen LogP) is 3.35. The minimum absolute atomic E-state index is 0.0439. The number of carbonyl (C=O) groups is 1. The molecule has 0 unspecified atom stereocenters. The van der Waals surface area contributed by atoms with Crippen LogP contribution in [0.15, 0.2) is 48.8 Å². The third kappa shape index (κ3) is 3.28. The number of nitrogens with zero attached hydrogens (tertiary/aromatic N) is 3. The van der Waals surface area contributed by atoms with E-state index in [4.69, 9.17) is 22.1 Å². The summed E-state index contributed by atoms with van der Waals surface area (Å²) in [6.45, 7) is 4.26. The van der Waals surface area contributed by atoms with E-state index in [2.05, 4.69) is 23.9 Å². The van der Waals surface area contributed by atoms with Gasteiger partial charge in [0.2, 0.25) is 5.82 Å². The van der Waals surface area contributed by atoms with E-state index >= 15 is 0 Å². The van der Waals surface area contributed by atoms with Crippen LogP contribution < -0.4 is 10.5 Å². The maximum atomic E-state index is 11.2. The monoisotopic (exact) mass is 370 g/mol. The zero-order valence-electron chi connectivity index (χ0n) is 14.7. The van der Waals surface area contributed by atoms with Gasteiger partial charge in [0, 0.05) is 10.4 Å². The number of benzene rings is 2. The molecule has 0 atom stereocenters. The van der Waals surface area contributed by atoms with E-state index in [1.165, 1.54) is 11.0 Å². The van der Waals surface area contributed by atoms with Gasteiger partial charge in [0.25, 0.3) is 5.91 Å². The molecule has 1 heterocycles. The molecule has 6 nitrogen and oxygen atoms in total. The van der Waals surface area contributed by atoms with Gasteiger partial charge in [-0.25, -0.2) is 9.67 Å². The van der Waals surface area contributed by atoms with Crippen LogP contribution in [0.3, 0.4) is 0 Å². The first-order valence-corrected chi connectivity index (χ1v) is 8.37. The van der Waals surface area contributed by atoms with Crippen molar-refractivity contribution in [3.8, 4) is 11.4 Å². The van der Waals surface area contributed by atoms with E-state index in [1.54, 1.807) is 7.11 Å². The molecule has 3 rings (SSSR count). The SMILES string of the molecule is COc1cc(C(C)(C)c2ccc(Cl)cc2)ccc1-n1cnc(C(N)=O)n1. The van der Waals surface area contributed by atoms with Crippen LogP contribution in [0.1, 0.15) is 35.6 Å². The number of nitrogens with two attached hydrogens (primary N) is 1. The number of carbonyl (C=O) groups excluding carboxylic acids is 1. The van der Waals surface area contributed by atoms with Crippen molar-refractivity contribution in [2.45, 2.75) is 19.3 Å². The number of primary amides is 1. The Balaban J connectivity index is 2.02. The van der Waals surface area contributed by atoms with Crippen molar-refractivity contribution in [2.75, 3.05) is 7.11 Å². The van der Waals surface area contributed by atoms with E-state index in [0.717, 1.165) is 11.1 Å². The lowest BCUT2D eigenvalue weighted by Gasteiger charge is -2.27. The lowest BCUT2D eigenvalue weighted by Crippen LogP contribution is -2.19. The summed E-state index contributed by atoms with van der Waals surface area (Å²) < 4.78 is 7.00. The van der Waals surface area contributed by atoms with Crippen molar-refractivity contribution in [3.05, 3.63) is 70.8 Å². The summed E-state index contributed by atoms with van der Waals surface area (Å²) in [5, 5.41) is 4.79. The molecule has 0 spiro atoms. The van der Waals surface area contributed by atoms with Gasteiger partial charge in [0.1, 0.15) is 17.8 Å². The second kappa shape index (κ2) is 6.80. The molecular weight excluding hydrogens is 352 g/mol. The first kappa shape index (κ1) is 17.9. The summed E-state index contributed by atoms with van der Waals surface area (Å²) >= 11 is 6.00. The predicted molar refractivity (Wildman–Crippen MR) is 100 cm³/mol. The molecule has 26 heavy (non-hydrogen) atoms. The summed E-state index contributed by atoms with van der Waals surface area (Å²) in [5.74, 6) is -0.105. The molecule has 0 saturated carbocycles. The second-order valence-corrected chi connectivity index (χ2v) is 6.83. The molecule has 0 aliphatic rings. The van der Waals surface area contributed by atoms with Crippen LogP contribution in [-0.2, 0) is 5.41 Å². The van der Waals surface area contributed by atoms with Gasteiger partial charge >= 0.3 is 0 Å². The number of hydrogen-bond donors (Lipinski definition) is 1. The molecule has 0 fully saturated rings. The summed E-state index contributed by atoms with van der Waals surface area (Å²) in [4.78, 5) is 15.1. The average molecular weight is 371 g/mol. The molecule has 0 bridgehead atoms. The highest BCUT2D eigenvalue weighted by atomic mass is 35.5. The first-order valence-electron chi connectivity index (χ1n) is 7.99. The maximum Gasteiger partial charge on any atom is 0.288 e. The lowest BCUT2D eigenvalue weighted by atomic mass is 9.78. The Morgan fingerprint density at radius 3 is 2.38 bits per heavy atom. The number of aromatic nitrogens is 3. The van der Waals surface area contributed by atoms with Crippen LogP contribution in [0.5, 0.6) is 5.75 Å². The van der Waals surface area contributed by atoms with E-state index in [9.17, 15) is 4.79 Å². The zero-order chi connectivity index (χ0) is 18.9. The summed E-state index contributed by atoms with van der Waals surface area (Å²) in [6.07, 6.45) is 1.43. The third-order valence-electron chi connectivity index (χ3n) is 4.43. The van der Waals surface area contributed by atoms with Crippen molar-refractivity contribution in [2.24, 2.45) is 5.73 Å². The van der Waals surface area contributed by atoms with E-state index < -0.39 is 5.91 Å². The Hall–Kier alpha value is -2.86. The molecule has 2 N–H and O–H groups in total. The molecule has 0 aliphatic heterocycles. The molecule has 0 radical (unpaired) electrons. The number of rotatable bonds is 5.